The molecule has 1 amide bonds. The van der Waals surface area contributed by atoms with Crippen molar-refractivity contribution in [2.45, 2.75) is 31.8 Å². The Morgan fingerprint density at radius 2 is 1.92 bits per heavy atom. The molecule has 0 aromatic rings. The number of hydrogen-bond acceptors (Lipinski definition) is 2. The number of ether oxygens (including phenoxy) is 1. The van der Waals surface area contributed by atoms with Gasteiger partial charge in [-0.25, -0.2) is 0 Å². The average molecular weight is 171 g/mol. The van der Waals surface area contributed by atoms with Gasteiger partial charge in [-0.3, -0.25) is 4.79 Å². The first-order valence-corrected chi connectivity index (χ1v) is 4.52. The van der Waals surface area contributed by atoms with Crippen molar-refractivity contribution < 1.29 is 9.53 Å². The Morgan fingerprint density at radius 3 is 2.33 bits per heavy atom. The van der Waals surface area contributed by atoms with Gasteiger partial charge in [0, 0.05) is 20.1 Å². The van der Waals surface area contributed by atoms with Crippen molar-refractivity contribution in [2.75, 3.05) is 14.2 Å². The Bertz CT molecular complexity index is 151. The lowest BCUT2D eigenvalue weighted by molar-refractivity contribution is -0.126. The van der Waals surface area contributed by atoms with Crippen molar-refractivity contribution in [1.29, 1.82) is 0 Å². The van der Waals surface area contributed by atoms with Gasteiger partial charge in [-0.1, -0.05) is 0 Å². The molecule has 3 nitrogen and oxygen atoms in total. The standard InChI is InChI=1S/C9H17NO2/c1-10-9(11)7-3-5-8(12-2)6-4-7/h7-8H,3-6H2,1-2H3,(H,10,11)/t7-,8-. The summed E-state index contributed by atoms with van der Waals surface area (Å²) in [6.07, 6.45) is 4.37. The molecule has 0 aliphatic heterocycles. The van der Waals surface area contributed by atoms with E-state index in [4.69, 9.17) is 4.74 Å². The molecule has 1 rings (SSSR count). The molecular weight excluding hydrogens is 154 g/mol. The van der Waals surface area contributed by atoms with Gasteiger partial charge in [-0.15, -0.1) is 0 Å². The maximum Gasteiger partial charge on any atom is 0.222 e. The molecule has 3 heteroatoms. The Balaban J connectivity index is 2.30. The van der Waals surface area contributed by atoms with Gasteiger partial charge in [0.2, 0.25) is 5.91 Å². The summed E-state index contributed by atoms with van der Waals surface area (Å²) >= 11 is 0. The number of nitrogens with one attached hydrogen (secondary N) is 1. The zero-order valence-corrected chi connectivity index (χ0v) is 7.80. The second-order valence-electron chi connectivity index (χ2n) is 3.32. The van der Waals surface area contributed by atoms with Gasteiger partial charge in [0.1, 0.15) is 0 Å². The molecular formula is C9H17NO2. The van der Waals surface area contributed by atoms with Crippen LogP contribution in [0.4, 0.5) is 0 Å². The van der Waals surface area contributed by atoms with Crippen LogP contribution in [0.1, 0.15) is 25.7 Å². The summed E-state index contributed by atoms with van der Waals surface area (Å²) in [6.45, 7) is 0. The quantitative estimate of drug-likeness (QED) is 0.671. The molecule has 1 aliphatic rings. The molecule has 0 saturated heterocycles. The number of carbonyl (C=O) groups is 1. The van der Waals surface area contributed by atoms with Crippen molar-refractivity contribution in [3.63, 3.8) is 0 Å². The van der Waals surface area contributed by atoms with Gasteiger partial charge in [0.25, 0.3) is 0 Å². The second kappa shape index (κ2) is 4.45. The maximum absolute atomic E-state index is 11.2. The number of amides is 1. The fourth-order valence-electron chi connectivity index (χ4n) is 1.76. The summed E-state index contributed by atoms with van der Waals surface area (Å²) in [5, 5.41) is 2.69. The van der Waals surface area contributed by atoms with Crippen LogP contribution in [0, 0.1) is 5.92 Å². The van der Waals surface area contributed by atoms with Crippen molar-refractivity contribution in [2.24, 2.45) is 5.92 Å². The van der Waals surface area contributed by atoms with Crippen LogP contribution in [0.3, 0.4) is 0 Å². The van der Waals surface area contributed by atoms with Gasteiger partial charge in [-0.2, -0.15) is 0 Å². The predicted molar refractivity (Wildman–Crippen MR) is 46.8 cm³/mol. The monoisotopic (exact) mass is 171 g/mol. The van der Waals surface area contributed by atoms with E-state index in [2.05, 4.69) is 5.32 Å². The lowest BCUT2D eigenvalue weighted by Gasteiger charge is -2.26. The molecule has 0 aromatic carbocycles. The predicted octanol–water partition coefficient (Wildman–Crippen LogP) is 0.938. The summed E-state index contributed by atoms with van der Waals surface area (Å²) in [4.78, 5) is 11.2. The van der Waals surface area contributed by atoms with Gasteiger partial charge >= 0.3 is 0 Å². The summed E-state index contributed by atoms with van der Waals surface area (Å²) < 4.78 is 5.22. The Kier molecular flexibility index (Phi) is 3.53. The highest BCUT2D eigenvalue weighted by atomic mass is 16.5. The van der Waals surface area contributed by atoms with Crippen LogP contribution in [0.2, 0.25) is 0 Å². The Labute approximate surface area is 73.5 Å². The van der Waals surface area contributed by atoms with Gasteiger partial charge < -0.3 is 10.1 Å². The highest BCUT2D eigenvalue weighted by molar-refractivity contribution is 5.78. The van der Waals surface area contributed by atoms with E-state index in [1.807, 2.05) is 0 Å². The molecule has 12 heavy (non-hydrogen) atoms. The van der Waals surface area contributed by atoms with Crippen LogP contribution in [0.5, 0.6) is 0 Å². The minimum absolute atomic E-state index is 0.185. The van der Waals surface area contributed by atoms with Crippen LogP contribution < -0.4 is 5.32 Å². The molecule has 1 fully saturated rings. The topological polar surface area (TPSA) is 38.3 Å². The first-order valence-electron chi connectivity index (χ1n) is 4.52. The van der Waals surface area contributed by atoms with E-state index in [-0.39, 0.29) is 11.8 Å². The summed E-state index contributed by atoms with van der Waals surface area (Å²) in [6, 6.07) is 0. The normalized spacial score (nSPS) is 29.8. The lowest BCUT2D eigenvalue weighted by atomic mass is 9.87. The van der Waals surface area contributed by atoms with E-state index in [1.165, 1.54) is 0 Å². The third kappa shape index (κ3) is 2.21. The SMILES string of the molecule is CNC(=O)[C@H]1CC[C@H](OC)CC1. The first-order chi connectivity index (χ1) is 5.77. The minimum Gasteiger partial charge on any atom is -0.381 e. The van der Waals surface area contributed by atoms with Crippen LogP contribution in [-0.4, -0.2) is 26.2 Å². The smallest absolute Gasteiger partial charge is 0.222 e. The summed E-state index contributed by atoms with van der Waals surface area (Å²) in [7, 11) is 3.44. The van der Waals surface area contributed by atoms with Gasteiger partial charge in [0.15, 0.2) is 0 Å². The molecule has 0 radical (unpaired) electrons. The van der Waals surface area contributed by atoms with Crippen molar-refractivity contribution in [3.05, 3.63) is 0 Å². The third-order valence-corrected chi connectivity index (χ3v) is 2.62. The molecule has 0 heterocycles. The van der Waals surface area contributed by atoms with E-state index in [0.29, 0.717) is 6.10 Å². The minimum atomic E-state index is 0.185. The summed E-state index contributed by atoms with van der Waals surface area (Å²) in [5.41, 5.74) is 0. The Morgan fingerprint density at radius 1 is 1.33 bits per heavy atom. The lowest BCUT2D eigenvalue weighted by Crippen LogP contribution is -2.32. The van der Waals surface area contributed by atoms with Crippen molar-refractivity contribution >= 4 is 5.91 Å². The zero-order valence-electron chi connectivity index (χ0n) is 7.80. The van der Waals surface area contributed by atoms with Crippen LogP contribution >= 0.6 is 0 Å². The van der Waals surface area contributed by atoms with E-state index in [1.54, 1.807) is 14.2 Å². The van der Waals surface area contributed by atoms with Crippen LogP contribution in [-0.2, 0) is 9.53 Å². The van der Waals surface area contributed by atoms with E-state index in [0.717, 1.165) is 25.7 Å². The van der Waals surface area contributed by atoms with Crippen LogP contribution in [0.15, 0.2) is 0 Å². The first kappa shape index (κ1) is 9.52. The molecule has 1 aliphatic carbocycles. The van der Waals surface area contributed by atoms with Gasteiger partial charge in [0.05, 0.1) is 6.10 Å². The molecule has 70 valence electrons. The highest BCUT2D eigenvalue weighted by Gasteiger charge is 2.24. The highest BCUT2D eigenvalue weighted by Crippen LogP contribution is 2.25. The number of rotatable bonds is 2. The maximum atomic E-state index is 11.2. The largest absolute Gasteiger partial charge is 0.381 e. The zero-order chi connectivity index (χ0) is 8.97. The number of methoxy groups -OCH3 is 1. The molecule has 1 N–H and O–H groups in total. The fourth-order valence-corrected chi connectivity index (χ4v) is 1.76. The number of carbonyl (C=O) groups excluding carboxylic acids is 1. The average Bonchev–Trinajstić information content (AvgIpc) is 2.17. The van der Waals surface area contributed by atoms with E-state index >= 15 is 0 Å². The number of hydrogen-bond donors (Lipinski definition) is 1. The Hall–Kier alpha value is -0.570. The fraction of sp³-hybridized carbons (Fsp3) is 0.889. The van der Waals surface area contributed by atoms with Gasteiger partial charge in [-0.05, 0) is 25.7 Å². The third-order valence-electron chi connectivity index (χ3n) is 2.62. The summed E-state index contributed by atoms with van der Waals surface area (Å²) in [5.74, 6) is 0.408. The van der Waals surface area contributed by atoms with E-state index < -0.39 is 0 Å². The van der Waals surface area contributed by atoms with Crippen molar-refractivity contribution in [3.8, 4) is 0 Å². The van der Waals surface area contributed by atoms with Crippen molar-refractivity contribution in [1.82, 2.24) is 5.32 Å². The second-order valence-corrected chi connectivity index (χ2v) is 3.32. The molecule has 0 atom stereocenters. The molecule has 0 aromatic heterocycles. The molecule has 0 unspecified atom stereocenters. The molecule has 0 bridgehead atoms. The molecule has 1 saturated carbocycles. The van der Waals surface area contributed by atoms with Crippen LogP contribution in [0.25, 0.3) is 0 Å². The molecule has 0 spiro atoms. The van der Waals surface area contributed by atoms with E-state index in [9.17, 15) is 4.79 Å².